The topological polar surface area (TPSA) is 86.3 Å². The number of nitrogens with zero attached hydrogens (tertiary/aromatic N) is 4. The van der Waals surface area contributed by atoms with E-state index in [2.05, 4.69) is 33.4 Å². The average Bonchev–Trinajstić information content (AvgIpc) is 3.52. The first-order valence-electron chi connectivity index (χ1n) is 16.4. The minimum absolute atomic E-state index is 0.143. The second kappa shape index (κ2) is 14.4. The summed E-state index contributed by atoms with van der Waals surface area (Å²) in [7, 11) is 3.68. The van der Waals surface area contributed by atoms with Crippen molar-refractivity contribution in [1.82, 2.24) is 19.8 Å². The number of methoxy groups -OCH3 is 1. The number of thiophene rings is 1. The zero-order valence-corrected chi connectivity index (χ0v) is 29.6. The molecule has 1 atom stereocenters. The maximum Gasteiger partial charge on any atom is 0.352 e. The quantitative estimate of drug-likeness (QED) is 0.0995. The number of carbonyl (C=O) groups is 1. The highest BCUT2D eigenvalue weighted by molar-refractivity contribution is 7.26. The number of aromatic nitrogens is 2. The molecule has 1 aliphatic rings. The third-order valence-electron chi connectivity index (χ3n) is 9.09. The molecule has 4 aromatic carbocycles. The monoisotopic (exact) mass is 714 g/mol. The van der Waals surface area contributed by atoms with Crippen LogP contribution in [0, 0.1) is 5.82 Å². The van der Waals surface area contributed by atoms with E-state index in [4.69, 9.17) is 30.5 Å². The minimum Gasteiger partial charge on any atom is -0.496 e. The summed E-state index contributed by atoms with van der Waals surface area (Å²) in [5.41, 5.74) is 0.943. The summed E-state index contributed by atoms with van der Waals surface area (Å²) in [6.45, 7) is 11.3. The Balaban J connectivity index is 1.36. The number of carbonyl (C=O) groups excluding carboxylic acids is 1. The summed E-state index contributed by atoms with van der Waals surface area (Å²) in [5, 5.41) is 4.57. The van der Waals surface area contributed by atoms with Gasteiger partial charge in [0.25, 0.3) is 0 Å². The lowest BCUT2D eigenvalue weighted by Crippen LogP contribution is -2.45. The Morgan fingerprint density at radius 3 is 2.56 bits per heavy atom. The lowest BCUT2D eigenvalue weighted by molar-refractivity contribution is -0.148. The molecule has 2 aromatic heterocycles. The van der Waals surface area contributed by atoms with E-state index in [-0.39, 0.29) is 18.3 Å². The summed E-state index contributed by atoms with van der Waals surface area (Å²) in [6.07, 6.45) is 0.147. The van der Waals surface area contributed by atoms with Crippen molar-refractivity contribution in [3.05, 3.63) is 83.9 Å². The lowest BCUT2D eigenvalue weighted by atomic mass is 9.97. The number of benzene rings is 4. The van der Waals surface area contributed by atoms with Crippen molar-refractivity contribution in [1.29, 1.82) is 0 Å². The first kappa shape index (κ1) is 33.9. The molecular formula is C38H36ClFN4O5S. The van der Waals surface area contributed by atoms with E-state index in [1.807, 2.05) is 24.3 Å². The van der Waals surface area contributed by atoms with Crippen molar-refractivity contribution in [3.8, 4) is 17.4 Å². The normalized spacial score (nSPS) is 14.7. The highest BCUT2D eigenvalue weighted by Gasteiger charge is 2.31. The summed E-state index contributed by atoms with van der Waals surface area (Å²) >= 11 is 8.59. The second-order valence-electron chi connectivity index (χ2n) is 12.1. The van der Waals surface area contributed by atoms with Crippen LogP contribution >= 0.6 is 22.9 Å². The molecule has 0 aliphatic carbocycles. The van der Waals surface area contributed by atoms with Crippen molar-refractivity contribution in [2.45, 2.75) is 13.0 Å². The number of fused-ring (bicyclic) bond motifs is 8. The van der Waals surface area contributed by atoms with Crippen LogP contribution in [0.2, 0.25) is 5.02 Å². The standard InChI is InChI=1S/C38H36ClFN4O5S/c1-5-47-38(45)34(22(2)24-8-6-7-9-28(24)46-4)49-36-32-31-26-12-13-29(48-19-18-44-16-14-43(3)15-17-44)33(39)30(26)27-20-23(40)10-11-25(27)35(31)50-37(32)42-21-41-36/h6-13,20-21,34H,2,5,14-19H2,1,3-4H3. The van der Waals surface area contributed by atoms with E-state index in [1.54, 1.807) is 32.2 Å². The molecule has 0 spiro atoms. The molecule has 50 heavy (non-hydrogen) atoms. The second-order valence-corrected chi connectivity index (χ2v) is 13.5. The molecule has 9 nitrogen and oxygen atoms in total. The van der Waals surface area contributed by atoms with Crippen molar-refractivity contribution in [2.24, 2.45) is 0 Å². The van der Waals surface area contributed by atoms with Crippen LogP contribution in [0.15, 0.2) is 67.5 Å². The smallest absolute Gasteiger partial charge is 0.352 e. The van der Waals surface area contributed by atoms with Gasteiger partial charge in [-0.1, -0.05) is 42.4 Å². The molecule has 1 unspecified atom stereocenters. The van der Waals surface area contributed by atoms with E-state index in [0.29, 0.717) is 55.3 Å². The number of ether oxygens (including phenoxy) is 4. The van der Waals surface area contributed by atoms with E-state index >= 15 is 0 Å². The molecule has 1 aliphatic heterocycles. The number of hydrogen-bond acceptors (Lipinski definition) is 10. The third kappa shape index (κ3) is 6.30. The van der Waals surface area contributed by atoms with E-state index in [9.17, 15) is 9.18 Å². The summed E-state index contributed by atoms with van der Waals surface area (Å²) < 4.78 is 39.4. The molecule has 0 bridgehead atoms. The van der Waals surface area contributed by atoms with Crippen LogP contribution < -0.4 is 14.2 Å². The lowest BCUT2D eigenvalue weighted by Gasteiger charge is -2.32. The molecule has 0 N–H and O–H groups in total. The maximum absolute atomic E-state index is 14.9. The number of esters is 1. The summed E-state index contributed by atoms with van der Waals surface area (Å²) in [6, 6.07) is 15.7. The van der Waals surface area contributed by atoms with Gasteiger partial charge in [-0.2, -0.15) is 0 Å². The summed E-state index contributed by atoms with van der Waals surface area (Å²) in [5.74, 6) is 0.211. The predicted octanol–water partition coefficient (Wildman–Crippen LogP) is 7.60. The van der Waals surface area contributed by atoms with Crippen LogP contribution in [-0.2, 0) is 9.53 Å². The minimum atomic E-state index is -1.25. The van der Waals surface area contributed by atoms with Crippen molar-refractivity contribution in [3.63, 3.8) is 0 Å². The van der Waals surface area contributed by atoms with Gasteiger partial charge in [0.2, 0.25) is 12.0 Å². The Bertz CT molecular complexity index is 2250. The van der Waals surface area contributed by atoms with Gasteiger partial charge in [0.1, 0.15) is 35.1 Å². The number of para-hydroxylation sites is 1. The van der Waals surface area contributed by atoms with Crippen molar-refractivity contribution in [2.75, 3.05) is 60.1 Å². The van der Waals surface area contributed by atoms with Crippen LogP contribution in [0.1, 0.15) is 12.5 Å². The molecule has 0 amide bonds. The maximum atomic E-state index is 14.9. The molecule has 258 valence electrons. The number of likely N-dealkylation sites (N-methyl/N-ethyl adjacent to an activating group) is 1. The highest BCUT2D eigenvalue weighted by atomic mass is 35.5. The molecule has 12 heteroatoms. The van der Waals surface area contributed by atoms with Crippen LogP contribution in [0.3, 0.4) is 0 Å². The van der Waals surface area contributed by atoms with Gasteiger partial charge in [-0.05, 0) is 55.1 Å². The Morgan fingerprint density at radius 2 is 1.78 bits per heavy atom. The Labute approximate surface area is 297 Å². The zero-order valence-electron chi connectivity index (χ0n) is 28.0. The molecule has 3 heterocycles. The van der Waals surface area contributed by atoms with Crippen LogP contribution in [0.25, 0.3) is 47.4 Å². The number of hydrogen-bond donors (Lipinski definition) is 0. The van der Waals surface area contributed by atoms with E-state index < -0.39 is 12.1 Å². The van der Waals surface area contributed by atoms with Crippen molar-refractivity contribution < 1.29 is 28.1 Å². The molecular weight excluding hydrogens is 679 g/mol. The number of halogens is 2. The van der Waals surface area contributed by atoms with Crippen LogP contribution in [-0.4, -0.2) is 91.9 Å². The largest absolute Gasteiger partial charge is 0.496 e. The van der Waals surface area contributed by atoms with Gasteiger partial charge in [-0.3, -0.25) is 4.90 Å². The summed E-state index contributed by atoms with van der Waals surface area (Å²) in [4.78, 5) is 27.9. The van der Waals surface area contributed by atoms with Gasteiger partial charge in [-0.25, -0.2) is 19.2 Å². The Kier molecular flexibility index (Phi) is 9.74. The SMILES string of the molecule is C=C(c1ccccc1OC)C(Oc1ncnc2sc3c4ccc(F)cc4c4c(Cl)c(OCCN5CCN(C)CC5)ccc4c3c12)C(=O)OCC. The van der Waals surface area contributed by atoms with E-state index in [1.165, 1.54) is 29.8 Å². The Morgan fingerprint density at radius 1 is 1.00 bits per heavy atom. The van der Waals surface area contributed by atoms with Crippen LogP contribution in [0.4, 0.5) is 4.39 Å². The number of rotatable bonds is 11. The number of piperazine rings is 1. The first-order valence-corrected chi connectivity index (χ1v) is 17.6. The average molecular weight is 715 g/mol. The highest BCUT2D eigenvalue weighted by Crippen LogP contribution is 2.49. The molecule has 1 saturated heterocycles. The third-order valence-corrected chi connectivity index (χ3v) is 10.6. The van der Waals surface area contributed by atoms with E-state index in [0.717, 1.165) is 53.6 Å². The van der Waals surface area contributed by atoms with Gasteiger partial charge >= 0.3 is 5.97 Å². The molecule has 1 fully saturated rings. The molecule has 7 rings (SSSR count). The van der Waals surface area contributed by atoms with Gasteiger partial charge < -0.3 is 23.8 Å². The van der Waals surface area contributed by atoms with Gasteiger partial charge in [0.05, 0.1) is 24.1 Å². The molecule has 0 saturated carbocycles. The fraction of sp³-hybridized carbons (Fsp3) is 0.289. The fourth-order valence-electron chi connectivity index (χ4n) is 6.50. The van der Waals surface area contributed by atoms with Crippen LogP contribution in [0.5, 0.6) is 17.4 Å². The molecule has 0 radical (unpaired) electrons. The fourth-order valence-corrected chi connectivity index (χ4v) is 8.01. The predicted molar refractivity (Wildman–Crippen MR) is 197 cm³/mol. The van der Waals surface area contributed by atoms with Gasteiger partial charge in [-0.15, -0.1) is 11.3 Å². The molecule has 6 aromatic rings. The first-order chi connectivity index (χ1) is 24.3. The Hall–Kier alpha value is -4.55. The van der Waals surface area contributed by atoms with Crippen molar-refractivity contribution >= 4 is 76.3 Å². The van der Waals surface area contributed by atoms with Gasteiger partial charge in [0, 0.05) is 64.7 Å². The zero-order chi connectivity index (χ0) is 34.9. The van der Waals surface area contributed by atoms with Gasteiger partial charge in [0.15, 0.2) is 0 Å².